The van der Waals surface area contributed by atoms with E-state index in [1.165, 1.54) is 0 Å². The molecule has 1 aliphatic heterocycles. The number of nitrogens with zero attached hydrogens (tertiary/aromatic N) is 3. The Balaban J connectivity index is 1.60. The molecule has 0 fully saturated rings. The van der Waals surface area contributed by atoms with Crippen molar-refractivity contribution in [3.63, 3.8) is 0 Å². The van der Waals surface area contributed by atoms with Crippen molar-refractivity contribution in [1.29, 1.82) is 5.26 Å². The summed E-state index contributed by atoms with van der Waals surface area (Å²) < 4.78 is 0. The molecule has 0 saturated carbocycles. The first-order valence-corrected chi connectivity index (χ1v) is 9.39. The molecular formula is C24H19N3O2. The fraction of sp³-hybridized carbons (Fsp3) is 0.125. The van der Waals surface area contributed by atoms with Crippen LogP contribution < -0.4 is 4.90 Å². The number of aliphatic hydroxyl groups excluding tert-OH is 1. The zero-order valence-corrected chi connectivity index (χ0v) is 15.7. The van der Waals surface area contributed by atoms with Crippen molar-refractivity contribution in [3.8, 4) is 6.07 Å². The van der Waals surface area contributed by atoms with Gasteiger partial charge in [0, 0.05) is 18.3 Å². The molecule has 2 heterocycles. The third kappa shape index (κ3) is 3.74. The fourth-order valence-electron chi connectivity index (χ4n) is 3.46. The number of anilines is 2. The number of nitriles is 1. The maximum Gasteiger partial charge on any atom is 0.164 e. The summed E-state index contributed by atoms with van der Waals surface area (Å²) in [5.41, 5.74) is 3.44. The maximum atomic E-state index is 13.0. The van der Waals surface area contributed by atoms with Crippen LogP contribution in [0.25, 0.3) is 5.76 Å². The molecule has 4 rings (SSSR count). The highest BCUT2D eigenvalue weighted by atomic mass is 16.3. The number of Topliss-reactive ketones (excluding diaryl/α,β-unsaturated/α-hetero) is 1. The van der Waals surface area contributed by atoms with E-state index >= 15 is 0 Å². The van der Waals surface area contributed by atoms with Crippen LogP contribution >= 0.6 is 0 Å². The molecule has 29 heavy (non-hydrogen) atoms. The van der Waals surface area contributed by atoms with Crippen LogP contribution in [0.3, 0.4) is 0 Å². The molecule has 0 spiro atoms. The van der Waals surface area contributed by atoms with Crippen molar-refractivity contribution in [2.45, 2.75) is 12.8 Å². The zero-order valence-electron chi connectivity index (χ0n) is 15.7. The Bertz CT molecular complexity index is 1110. The smallest absolute Gasteiger partial charge is 0.164 e. The van der Waals surface area contributed by atoms with E-state index in [4.69, 9.17) is 5.26 Å². The van der Waals surface area contributed by atoms with Gasteiger partial charge in [-0.25, -0.2) is 4.98 Å². The molecule has 0 saturated heterocycles. The van der Waals surface area contributed by atoms with E-state index in [1.807, 2.05) is 47.4 Å². The van der Waals surface area contributed by atoms with E-state index in [0.29, 0.717) is 28.9 Å². The Hall–Kier alpha value is -3.91. The summed E-state index contributed by atoms with van der Waals surface area (Å²) in [7, 11) is 0. The monoisotopic (exact) mass is 381 g/mol. The van der Waals surface area contributed by atoms with Gasteiger partial charge in [-0.3, -0.25) is 4.79 Å². The molecule has 0 radical (unpaired) electrons. The van der Waals surface area contributed by atoms with Crippen molar-refractivity contribution in [2.24, 2.45) is 0 Å². The SMILES string of the molecule is N#Cc1ccc(CCC(=O)C2=C(O)c3cccnc3N(c3ccccc3)C2)cc1. The first-order valence-electron chi connectivity index (χ1n) is 9.39. The second kappa shape index (κ2) is 7.99. The Labute approximate surface area is 169 Å². The predicted octanol–water partition coefficient (Wildman–Crippen LogP) is 4.58. The lowest BCUT2D eigenvalue weighted by Gasteiger charge is -2.31. The molecule has 142 valence electrons. The van der Waals surface area contributed by atoms with Crippen LogP contribution in [0.2, 0.25) is 0 Å². The minimum atomic E-state index is -0.0951. The average molecular weight is 381 g/mol. The van der Waals surface area contributed by atoms with Gasteiger partial charge in [0.2, 0.25) is 0 Å². The van der Waals surface area contributed by atoms with E-state index in [2.05, 4.69) is 11.1 Å². The number of aromatic nitrogens is 1. The van der Waals surface area contributed by atoms with Gasteiger partial charge in [0.1, 0.15) is 11.6 Å². The molecule has 0 bridgehead atoms. The Kier molecular flexibility index (Phi) is 5.08. The van der Waals surface area contributed by atoms with Crippen LogP contribution in [0.1, 0.15) is 23.1 Å². The fourth-order valence-corrected chi connectivity index (χ4v) is 3.46. The highest BCUT2D eigenvalue weighted by molar-refractivity contribution is 6.05. The van der Waals surface area contributed by atoms with Crippen LogP contribution in [0.15, 0.2) is 78.5 Å². The van der Waals surface area contributed by atoms with Gasteiger partial charge < -0.3 is 10.0 Å². The standard InChI is InChI=1S/C24H19N3O2/c25-15-18-10-8-17(9-11-18)12-13-22(28)21-16-27(19-5-2-1-3-6-19)24-20(23(21)29)7-4-14-26-24/h1-11,14,29H,12-13,16H2. The molecule has 0 atom stereocenters. The van der Waals surface area contributed by atoms with Crippen molar-refractivity contribution >= 4 is 23.0 Å². The van der Waals surface area contributed by atoms with E-state index in [0.717, 1.165) is 11.3 Å². The molecule has 5 heteroatoms. The van der Waals surface area contributed by atoms with E-state index in [-0.39, 0.29) is 24.5 Å². The molecule has 1 aromatic heterocycles. The highest BCUT2D eigenvalue weighted by Gasteiger charge is 2.29. The lowest BCUT2D eigenvalue weighted by Crippen LogP contribution is -2.30. The van der Waals surface area contributed by atoms with Gasteiger partial charge in [-0.15, -0.1) is 0 Å². The Morgan fingerprint density at radius 2 is 1.83 bits per heavy atom. The maximum absolute atomic E-state index is 13.0. The van der Waals surface area contributed by atoms with Crippen molar-refractivity contribution < 1.29 is 9.90 Å². The van der Waals surface area contributed by atoms with Crippen LogP contribution in [0.4, 0.5) is 11.5 Å². The summed E-state index contributed by atoms with van der Waals surface area (Å²) in [6.07, 6.45) is 2.51. The Morgan fingerprint density at radius 3 is 2.55 bits per heavy atom. The van der Waals surface area contributed by atoms with Gasteiger partial charge >= 0.3 is 0 Å². The summed E-state index contributed by atoms with van der Waals surface area (Å²) in [6, 6.07) is 22.5. The first-order chi connectivity index (χ1) is 14.2. The Morgan fingerprint density at radius 1 is 1.07 bits per heavy atom. The number of para-hydroxylation sites is 1. The molecule has 1 aliphatic rings. The summed E-state index contributed by atoms with van der Waals surface area (Å²) >= 11 is 0. The number of rotatable bonds is 5. The minimum Gasteiger partial charge on any atom is -0.507 e. The molecular weight excluding hydrogens is 362 g/mol. The summed E-state index contributed by atoms with van der Waals surface area (Å²) in [6.45, 7) is 0.270. The van der Waals surface area contributed by atoms with Gasteiger partial charge in [-0.1, -0.05) is 30.3 Å². The summed E-state index contributed by atoms with van der Waals surface area (Å²) in [5.74, 6) is 0.548. The number of hydrogen-bond donors (Lipinski definition) is 1. The molecule has 2 aromatic carbocycles. The highest BCUT2D eigenvalue weighted by Crippen LogP contribution is 2.36. The normalized spacial score (nSPS) is 13.0. The van der Waals surface area contributed by atoms with E-state index < -0.39 is 0 Å². The summed E-state index contributed by atoms with van der Waals surface area (Å²) in [4.78, 5) is 19.3. The lowest BCUT2D eigenvalue weighted by atomic mass is 9.96. The van der Waals surface area contributed by atoms with Crippen molar-refractivity contribution in [3.05, 3.63) is 95.2 Å². The summed E-state index contributed by atoms with van der Waals surface area (Å²) in [5, 5.41) is 19.7. The minimum absolute atomic E-state index is 0.00473. The number of aliphatic hydroxyl groups is 1. The lowest BCUT2D eigenvalue weighted by molar-refractivity contribution is -0.115. The van der Waals surface area contributed by atoms with Crippen LogP contribution in [-0.4, -0.2) is 22.4 Å². The van der Waals surface area contributed by atoms with Gasteiger partial charge in [0.25, 0.3) is 0 Å². The third-order valence-electron chi connectivity index (χ3n) is 5.03. The number of carbonyl (C=O) groups is 1. The molecule has 3 aromatic rings. The topological polar surface area (TPSA) is 77.2 Å². The van der Waals surface area contributed by atoms with E-state index in [9.17, 15) is 9.90 Å². The van der Waals surface area contributed by atoms with Gasteiger partial charge in [0.05, 0.1) is 29.3 Å². The van der Waals surface area contributed by atoms with Crippen molar-refractivity contribution in [2.75, 3.05) is 11.4 Å². The van der Waals surface area contributed by atoms with E-state index in [1.54, 1.807) is 30.5 Å². The number of ketones is 1. The molecule has 0 unspecified atom stereocenters. The van der Waals surface area contributed by atoms with Crippen LogP contribution in [0, 0.1) is 11.3 Å². The quantitative estimate of drug-likeness (QED) is 0.700. The first kappa shape index (κ1) is 18.5. The molecule has 0 aliphatic carbocycles. The number of aryl methyl sites for hydroxylation is 1. The number of carbonyl (C=O) groups excluding carboxylic acids is 1. The largest absolute Gasteiger partial charge is 0.507 e. The van der Waals surface area contributed by atoms with Gasteiger partial charge in [-0.2, -0.15) is 5.26 Å². The second-order valence-electron chi connectivity index (χ2n) is 6.86. The predicted molar refractivity (Wildman–Crippen MR) is 112 cm³/mol. The van der Waals surface area contributed by atoms with Gasteiger partial charge in [0.15, 0.2) is 5.78 Å². The number of hydrogen-bond acceptors (Lipinski definition) is 5. The van der Waals surface area contributed by atoms with Crippen LogP contribution in [0.5, 0.6) is 0 Å². The molecule has 5 nitrogen and oxygen atoms in total. The van der Waals surface area contributed by atoms with Crippen molar-refractivity contribution in [1.82, 2.24) is 4.98 Å². The zero-order chi connectivity index (χ0) is 20.2. The number of benzene rings is 2. The average Bonchev–Trinajstić information content (AvgIpc) is 2.79. The number of pyridine rings is 1. The molecule has 0 amide bonds. The molecule has 1 N–H and O–H groups in total. The second-order valence-corrected chi connectivity index (χ2v) is 6.86. The van der Waals surface area contributed by atoms with Gasteiger partial charge in [-0.05, 0) is 48.4 Å². The van der Waals surface area contributed by atoms with Crippen LogP contribution in [-0.2, 0) is 11.2 Å². The third-order valence-corrected chi connectivity index (χ3v) is 5.03. The number of fused-ring (bicyclic) bond motifs is 1.